The molecule has 0 fully saturated rings. The molecule has 0 heterocycles. The smallest absolute Gasteiger partial charge is 0.339 e. The second-order valence-electron chi connectivity index (χ2n) is 3.96. The lowest BCUT2D eigenvalue weighted by Gasteiger charge is -2.03. The molecule has 0 aliphatic carbocycles. The molecule has 0 bridgehead atoms. The van der Waals surface area contributed by atoms with Crippen LogP contribution in [0, 0.1) is 5.82 Å². The van der Waals surface area contributed by atoms with Crippen LogP contribution < -0.4 is 8.85 Å². The third-order valence-electron chi connectivity index (χ3n) is 2.61. The van der Waals surface area contributed by atoms with E-state index in [9.17, 15) is 14.3 Å². The highest BCUT2D eigenvalue weighted by Gasteiger charge is 2.11. The Balaban J connectivity index is 2.27. The van der Waals surface area contributed by atoms with Crippen molar-refractivity contribution in [3.63, 3.8) is 0 Å². The van der Waals surface area contributed by atoms with Crippen molar-refractivity contribution in [1.29, 1.82) is 0 Å². The largest absolute Gasteiger partial charge is 0.507 e. The van der Waals surface area contributed by atoms with Crippen molar-refractivity contribution in [3.8, 4) is 5.75 Å². The summed E-state index contributed by atoms with van der Waals surface area (Å²) in [4.78, 5) is 10.9. The van der Waals surface area contributed by atoms with E-state index in [1.54, 1.807) is 18.2 Å². The summed E-state index contributed by atoms with van der Waals surface area (Å²) in [5.41, 5.74) is -0.0953. The number of carboxylic acid groups (broad SMARTS) is 1. The van der Waals surface area contributed by atoms with E-state index < -0.39 is 21.2 Å². The molecule has 2 N–H and O–H groups in total. The number of carboxylic acids is 1. The van der Waals surface area contributed by atoms with Crippen LogP contribution in [0.25, 0.3) is 0 Å². The summed E-state index contributed by atoms with van der Waals surface area (Å²) in [7, 11) is 0. The molecular weight excluding hydrogens is 250 g/mol. The molecule has 18 heavy (non-hydrogen) atoms. The molecule has 2 aromatic rings. The van der Waals surface area contributed by atoms with Gasteiger partial charge in [-0.25, -0.2) is 9.18 Å². The molecule has 0 aliphatic heterocycles. The molecule has 0 spiro atoms. The van der Waals surface area contributed by atoms with E-state index in [0.29, 0.717) is 0 Å². The number of hydrogen-bond acceptors (Lipinski definition) is 2. The van der Waals surface area contributed by atoms with Crippen molar-refractivity contribution in [2.24, 2.45) is 0 Å². The molecule has 0 saturated carbocycles. The summed E-state index contributed by atoms with van der Waals surface area (Å²) in [6.07, 6.45) is 0. The van der Waals surface area contributed by atoms with Crippen molar-refractivity contribution in [1.82, 2.24) is 0 Å². The quantitative estimate of drug-likeness (QED) is 0.795. The molecule has 5 heteroatoms. The van der Waals surface area contributed by atoms with Crippen LogP contribution in [0.4, 0.5) is 4.39 Å². The van der Waals surface area contributed by atoms with E-state index in [2.05, 4.69) is 0 Å². The van der Waals surface area contributed by atoms with Gasteiger partial charge in [-0.05, 0) is 18.2 Å². The summed E-state index contributed by atoms with van der Waals surface area (Å²) < 4.78 is 14.7. The number of halogens is 1. The molecule has 0 aliphatic rings. The third-order valence-corrected chi connectivity index (χ3v) is 4.34. The van der Waals surface area contributed by atoms with Crippen LogP contribution in [-0.4, -0.2) is 31.4 Å². The van der Waals surface area contributed by atoms with Gasteiger partial charge in [0.1, 0.15) is 11.6 Å². The first-order valence-electron chi connectivity index (χ1n) is 5.36. The molecule has 3 nitrogen and oxygen atoms in total. The van der Waals surface area contributed by atoms with Gasteiger partial charge in [0.25, 0.3) is 0 Å². The van der Waals surface area contributed by atoms with E-state index in [-0.39, 0.29) is 17.1 Å². The van der Waals surface area contributed by atoms with Gasteiger partial charge in [0, 0.05) is 0 Å². The zero-order chi connectivity index (χ0) is 13.1. The van der Waals surface area contributed by atoms with Gasteiger partial charge in [-0.1, -0.05) is 24.3 Å². The van der Waals surface area contributed by atoms with Crippen LogP contribution in [0.5, 0.6) is 5.75 Å². The zero-order valence-corrected chi connectivity index (χ0v) is 10.8. The molecule has 0 unspecified atom stereocenters. The van der Waals surface area contributed by atoms with Gasteiger partial charge in [0.2, 0.25) is 0 Å². The zero-order valence-electron chi connectivity index (χ0n) is 9.43. The molecule has 90 valence electrons. The maximum Gasteiger partial charge on any atom is 0.339 e. The Bertz CT molecular complexity index is 581. The van der Waals surface area contributed by atoms with E-state index in [1.807, 2.05) is 0 Å². The fraction of sp³-hybridized carbons (Fsp3) is 0. The number of aromatic hydroxyl groups is 1. The van der Waals surface area contributed by atoms with Crippen LogP contribution in [0.15, 0.2) is 42.5 Å². The minimum atomic E-state index is -1.15. The summed E-state index contributed by atoms with van der Waals surface area (Å²) in [5, 5.41) is 18.3. The first kappa shape index (κ1) is 12.6. The highest BCUT2D eigenvalue weighted by molar-refractivity contribution is 6.67. The minimum absolute atomic E-state index is 0.0953. The highest BCUT2D eigenvalue weighted by Crippen LogP contribution is 2.13. The number of carbonyl (C=O) groups is 1. The Hall–Kier alpha value is -1.83. The maximum atomic E-state index is 12.8. The van der Waals surface area contributed by atoms with Crippen LogP contribution in [0.2, 0.25) is 0 Å². The Morgan fingerprint density at radius 2 is 1.67 bits per heavy atom. The standard InChI is InChI=1S/C7H5O3.C6H4F.Al.H/c8-6-4-2-1-3-5(6)7(9)10;7-6-4-2-1-3-5-6;;/h2-4,8H,(H,9,10);2-5H;;. The van der Waals surface area contributed by atoms with Gasteiger partial charge in [-0.2, -0.15) is 0 Å². The lowest BCUT2D eigenvalue weighted by Crippen LogP contribution is -2.27. The van der Waals surface area contributed by atoms with Crippen molar-refractivity contribution < 1.29 is 19.4 Å². The second-order valence-corrected chi connectivity index (χ2v) is 5.95. The second kappa shape index (κ2) is 5.22. The van der Waals surface area contributed by atoms with E-state index in [0.717, 1.165) is 8.85 Å². The van der Waals surface area contributed by atoms with E-state index in [4.69, 9.17) is 5.11 Å². The van der Waals surface area contributed by atoms with Crippen LogP contribution in [0.1, 0.15) is 10.4 Å². The molecule has 0 saturated heterocycles. The molecule has 2 rings (SSSR count). The fourth-order valence-corrected chi connectivity index (χ4v) is 3.19. The number of aromatic carboxylic acids is 1. The van der Waals surface area contributed by atoms with Gasteiger partial charge in [-0.3, -0.25) is 0 Å². The van der Waals surface area contributed by atoms with Crippen LogP contribution in [-0.2, 0) is 0 Å². The number of benzene rings is 2. The first-order chi connectivity index (χ1) is 8.56. The summed E-state index contributed by atoms with van der Waals surface area (Å²) in [5.74, 6) is -1.67. The van der Waals surface area contributed by atoms with Crippen molar-refractivity contribution in [2.45, 2.75) is 0 Å². The van der Waals surface area contributed by atoms with Gasteiger partial charge < -0.3 is 10.2 Å². The molecule has 0 amide bonds. The Morgan fingerprint density at radius 1 is 1.06 bits per heavy atom. The Morgan fingerprint density at radius 3 is 2.28 bits per heavy atom. The fourth-order valence-electron chi connectivity index (χ4n) is 1.70. The van der Waals surface area contributed by atoms with Crippen LogP contribution >= 0.6 is 0 Å². The van der Waals surface area contributed by atoms with Gasteiger partial charge >= 0.3 is 21.2 Å². The summed E-state index contributed by atoms with van der Waals surface area (Å²) in [6, 6.07) is 10.8. The number of rotatable bonds is 3. The van der Waals surface area contributed by atoms with Crippen molar-refractivity contribution in [2.75, 3.05) is 0 Å². The van der Waals surface area contributed by atoms with Crippen molar-refractivity contribution >= 4 is 30.0 Å². The summed E-state index contributed by atoms with van der Waals surface area (Å²) in [6.45, 7) is 0. The lowest BCUT2D eigenvalue weighted by atomic mass is 10.2. The lowest BCUT2D eigenvalue weighted by molar-refractivity contribution is 0.0694. The van der Waals surface area contributed by atoms with Gasteiger partial charge in [-0.15, -0.1) is 8.85 Å². The Labute approximate surface area is 109 Å². The molecule has 2 aromatic carbocycles. The topological polar surface area (TPSA) is 57.5 Å². The van der Waals surface area contributed by atoms with Crippen molar-refractivity contribution in [3.05, 3.63) is 53.8 Å². The average molecular weight is 260 g/mol. The van der Waals surface area contributed by atoms with Crippen LogP contribution in [0.3, 0.4) is 0 Å². The molecule has 0 radical (unpaired) electrons. The Kier molecular flexibility index (Phi) is 3.66. The monoisotopic (exact) mass is 260 g/mol. The molecule has 0 aromatic heterocycles. The minimum Gasteiger partial charge on any atom is -0.507 e. The number of phenols is 1. The normalized spacial score (nSPS) is 10.1. The maximum absolute atomic E-state index is 12.8. The van der Waals surface area contributed by atoms with Gasteiger partial charge in [0.15, 0.2) is 0 Å². The first-order valence-corrected chi connectivity index (χ1v) is 6.77. The average Bonchev–Trinajstić information content (AvgIpc) is 2.34. The predicted molar refractivity (Wildman–Crippen MR) is 67.9 cm³/mol. The predicted octanol–water partition coefficient (Wildman–Crippen LogP) is 0.617. The highest BCUT2D eigenvalue weighted by atomic mass is 27.1. The SMILES string of the molecule is O=C(O)c1c[c]([AlH][c]2ccc(F)cc2)ccc1O. The van der Waals surface area contributed by atoms with E-state index in [1.165, 1.54) is 24.3 Å². The third kappa shape index (κ3) is 2.89. The summed E-state index contributed by atoms with van der Waals surface area (Å²) >= 11 is -0.861. The molecule has 0 atom stereocenters. The van der Waals surface area contributed by atoms with E-state index >= 15 is 0 Å². The number of hydrogen-bond donors (Lipinski definition) is 2. The van der Waals surface area contributed by atoms with Gasteiger partial charge in [0.05, 0.1) is 5.56 Å². The molecular formula is C13H10AlFO3.